The summed E-state index contributed by atoms with van der Waals surface area (Å²) in [6.45, 7) is 3.43. The third kappa shape index (κ3) is 4.22. The van der Waals surface area contributed by atoms with E-state index < -0.39 is 0 Å². The first kappa shape index (κ1) is 17.5. The van der Waals surface area contributed by atoms with Crippen molar-refractivity contribution in [3.63, 3.8) is 0 Å². The van der Waals surface area contributed by atoms with Gasteiger partial charge in [-0.15, -0.1) is 0 Å². The zero-order valence-electron chi connectivity index (χ0n) is 14.6. The van der Waals surface area contributed by atoms with Crippen molar-refractivity contribution < 1.29 is 19.1 Å². The number of hydrogen-bond donors (Lipinski definition) is 2. The normalized spacial score (nSPS) is 13.8. The summed E-state index contributed by atoms with van der Waals surface area (Å²) >= 11 is 0. The Kier molecular flexibility index (Phi) is 5.22. The molecule has 2 aromatic rings. The first-order valence-electron chi connectivity index (χ1n) is 8.27. The maximum atomic E-state index is 12.7. The number of nitrogens with one attached hydrogen (secondary N) is 2. The van der Waals surface area contributed by atoms with Gasteiger partial charge in [-0.25, -0.2) is 0 Å². The largest absolute Gasteiger partial charge is 0.454 e. The van der Waals surface area contributed by atoms with Crippen molar-refractivity contribution in [3.8, 4) is 11.5 Å². The third-order valence-corrected chi connectivity index (χ3v) is 3.91. The van der Waals surface area contributed by atoms with Gasteiger partial charge in [-0.05, 0) is 36.3 Å². The second kappa shape index (κ2) is 7.74. The summed E-state index contributed by atoms with van der Waals surface area (Å²) in [7, 11) is 0. The number of carbonyl (C=O) groups is 2. The van der Waals surface area contributed by atoms with Gasteiger partial charge in [0, 0.05) is 6.92 Å². The third-order valence-electron chi connectivity index (χ3n) is 3.91. The summed E-state index contributed by atoms with van der Waals surface area (Å²) in [6.07, 6.45) is 1.64. The number of hydrogen-bond acceptors (Lipinski definition) is 4. The Morgan fingerprint density at radius 2 is 1.81 bits per heavy atom. The molecule has 1 aliphatic heterocycles. The van der Waals surface area contributed by atoms with E-state index in [2.05, 4.69) is 10.6 Å². The van der Waals surface area contributed by atoms with Gasteiger partial charge in [0.1, 0.15) is 5.70 Å². The molecule has 0 aromatic heterocycles. The first-order valence-corrected chi connectivity index (χ1v) is 8.27. The van der Waals surface area contributed by atoms with Crippen LogP contribution in [0.1, 0.15) is 31.0 Å². The summed E-state index contributed by atoms with van der Waals surface area (Å²) in [5.74, 6) is 0.674. The van der Waals surface area contributed by atoms with Gasteiger partial charge in [-0.2, -0.15) is 0 Å². The SMILES string of the molecule is CC(=O)NC(=Cc1ccccc1)C(=O)NC(C)c1ccc2c(c1)OCO2. The maximum absolute atomic E-state index is 12.7. The van der Waals surface area contributed by atoms with Gasteiger partial charge in [-0.1, -0.05) is 36.4 Å². The van der Waals surface area contributed by atoms with Crippen molar-refractivity contribution in [2.24, 2.45) is 0 Å². The smallest absolute Gasteiger partial charge is 0.268 e. The molecule has 2 N–H and O–H groups in total. The second-order valence-corrected chi connectivity index (χ2v) is 5.96. The van der Waals surface area contributed by atoms with E-state index in [1.165, 1.54) is 6.92 Å². The summed E-state index contributed by atoms with van der Waals surface area (Å²) < 4.78 is 10.7. The van der Waals surface area contributed by atoms with Crippen LogP contribution in [0.2, 0.25) is 0 Å². The van der Waals surface area contributed by atoms with E-state index in [1.807, 2.05) is 55.5 Å². The number of amides is 2. The molecule has 26 heavy (non-hydrogen) atoms. The minimum atomic E-state index is -0.366. The van der Waals surface area contributed by atoms with E-state index in [0.29, 0.717) is 11.5 Å². The molecule has 3 rings (SSSR count). The van der Waals surface area contributed by atoms with Crippen molar-refractivity contribution in [1.29, 1.82) is 0 Å². The molecule has 0 bridgehead atoms. The molecular weight excluding hydrogens is 332 g/mol. The number of ether oxygens (including phenoxy) is 2. The number of rotatable bonds is 5. The van der Waals surface area contributed by atoms with Crippen LogP contribution in [0.15, 0.2) is 54.2 Å². The summed E-state index contributed by atoms with van der Waals surface area (Å²) in [4.78, 5) is 24.1. The molecule has 6 heteroatoms. The highest BCUT2D eigenvalue weighted by Crippen LogP contribution is 2.34. The average Bonchev–Trinajstić information content (AvgIpc) is 3.09. The Hall–Kier alpha value is -3.28. The minimum absolute atomic E-state index is 0.191. The molecule has 0 aliphatic carbocycles. The van der Waals surface area contributed by atoms with Crippen molar-refractivity contribution >= 4 is 17.9 Å². The molecular formula is C20H20N2O4. The minimum Gasteiger partial charge on any atom is -0.454 e. The van der Waals surface area contributed by atoms with Gasteiger partial charge >= 0.3 is 0 Å². The molecule has 0 radical (unpaired) electrons. The first-order chi connectivity index (χ1) is 12.5. The average molecular weight is 352 g/mol. The molecule has 1 unspecified atom stereocenters. The lowest BCUT2D eigenvalue weighted by molar-refractivity contribution is -0.122. The predicted molar refractivity (Wildman–Crippen MR) is 97.4 cm³/mol. The van der Waals surface area contributed by atoms with Crippen LogP contribution < -0.4 is 20.1 Å². The van der Waals surface area contributed by atoms with Crippen LogP contribution in [-0.4, -0.2) is 18.6 Å². The maximum Gasteiger partial charge on any atom is 0.268 e. The fourth-order valence-corrected chi connectivity index (χ4v) is 2.60. The quantitative estimate of drug-likeness (QED) is 0.811. The summed E-state index contributed by atoms with van der Waals surface area (Å²) in [5, 5.41) is 5.49. The lowest BCUT2D eigenvalue weighted by Gasteiger charge is -2.16. The highest BCUT2D eigenvalue weighted by atomic mass is 16.7. The molecule has 1 aliphatic rings. The molecule has 134 valence electrons. The number of benzene rings is 2. The van der Waals surface area contributed by atoms with Gasteiger partial charge in [0.05, 0.1) is 6.04 Å². The second-order valence-electron chi connectivity index (χ2n) is 5.96. The van der Waals surface area contributed by atoms with E-state index in [-0.39, 0.29) is 30.3 Å². The Bertz CT molecular complexity index is 846. The molecule has 0 saturated carbocycles. The number of carbonyl (C=O) groups excluding carboxylic acids is 2. The highest BCUT2D eigenvalue weighted by Gasteiger charge is 2.18. The predicted octanol–water partition coefficient (Wildman–Crippen LogP) is 2.77. The zero-order valence-corrected chi connectivity index (χ0v) is 14.6. The Morgan fingerprint density at radius 1 is 1.08 bits per heavy atom. The van der Waals surface area contributed by atoms with E-state index in [1.54, 1.807) is 6.08 Å². The van der Waals surface area contributed by atoms with Crippen LogP contribution in [-0.2, 0) is 9.59 Å². The molecule has 1 atom stereocenters. The molecule has 2 amide bonds. The molecule has 6 nitrogen and oxygen atoms in total. The van der Waals surface area contributed by atoms with Gasteiger partial charge in [0.2, 0.25) is 12.7 Å². The van der Waals surface area contributed by atoms with Crippen molar-refractivity contribution in [3.05, 3.63) is 65.4 Å². The summed E-state index contributed by atoms with van der Waals surface area (Å²) in [6, 6.07) is 14.6. The van der Waals surface area contributed by atoms with Crippen LogP contribution in [0.4, 0.5) is 0 Å². The van der Waals surface area contributed by atoms with E-state index in [9.17, 15) is 9.59 Å². The zero-order chi connectivity index (χ0) is 18.5. The van der Waals surface area contributed by atoms with Crippen molar-refractivity contribution in [2.45, 2.75) is 19.9 Å². The van der Waals surface area contributed by atoms with E-state index in [0.717, 1.165) is 11.1 Å². The van der Waals surface area contributed by atoms with Crippen LogP contribution in [0.3, 0.4) is 0 Å². The lowest BCUT2D eigenvalue weighted by Crippen LogP contribution is -2.35. The van der Waals surface area contributed by atoms with Gasteiger partial charge in [0.15, 0.2) is 11.5 Å². The van der Waals surface area contributed by atoms with Crippen LogP contribution in [0.5, 0.6) is 11.5 Å². The molecule has 0 fully saturated rings. The van der Waals surface area contributed by atoms with Crippen LogP contribution in [0, 0.1) is 0 Å². The van der Waals surface area contributed by atoms with Crippen molar-refractivity contribution in [2.75, 3.05) is 6.79 Å². The van der Waals surface area contributed by atoms with Crippen molar-refractivity contribution in [1.82, 2.24) is 10.6 Å². The van der Waals surface area contributed by atoms with Gasteiger partial charge < -0.3 is 20.1 Å². The lowest BCUT2D eigenvalue weighted by atomic mass is 10.1. The molecule has 0 saturated heterocycles. The Balaban J connectivity index is 1.76. The number of fused-ring (bicyclic) bond motifs is 1. The Morgan fingerprint density at radius 3 is 2.54 bits per heavy atom. The van der Waals surface area contributed by atoms with Gasteiger partial charge in [-0.3, -0.25) is 9.59 Å². The van der Waals surface area contributed by atoms with Crippen LogP contribution >= 0.6 is 0 Å². The van der Waals surface area contributed by atoms with E-state index >= 15 is 0 Å². The van der Waals surface area contributed by atoms with Gasteiger partial charge in [0.25, 0.3) is 5.91 Å². The molecule has 2 aromatic carbocycles. The molecule has 1 heterocycles. The van der Waals surface area contributed by atoms with E-state index in [4.69, 9.17) is 9.47 Å². The Labute approximate surface area is 151 Å². The molecule has 0 spiro atoms. The highest BCUT2D eigenvalue weighted by molar-refractivity contribution is 6.01. The fraction of sp³-hybridized carbons (Fsp3) is 0.200. The van der Waals surface area contributed by atoms with Crippen LogP contribution in [0.25, 0.3) is 6.08 Å². The fourth-order valence-electron chi connectivity index (χ4n) is 2.60. The topological polar surface area (TPSA) is 76.7 Å². The monoisotopic (exact) mass is 352 g/mol. The standard InChI is InChI=1S/C20H20N2O4/c1-13(16-8-9-18-19(11-16)26-12-25-18)21-20(24)17(22-14(2)23)10-15-6-4-3-5-7-15/h3-11,13H,12H2,1-2H3,(H,21,24)(H,22,23). The summed E-state index contributed by atoms with van der Waals surface area (Å²) in [5.41, 5.74) is 1.89.